The molecule has 0 aromatic carbocycles. The molecule has 0 saturated heterocycles. The quantitative estimate of drug-likeness (QED) is 0.674. The highest BCUT2D eigenvalue weighted by molar-refractivity contribution is 5.67. The van der Waals surface area contributed by atoms with E-state index in [9.17, 15) is 4.79 Å². The van der Waals surface area contributed by atoms with Gasteiger partial charge in [-0.05, 0) is 25.2 Å². The molecule has 1 fully saturated rings. The third-order valence-corrected chi connectivity index (χ3v) is 2.12. The van der Waals surface area contributed by atoms with Gasteiger partial charge < -0.3 is 10.1 Å². The second-order valence-electron chi connectivity index (χ2n) is 2.99. The van der Waals surface area contributed by atoms with Crippen molar-refractivity contribution < 1.29 is 9.53 Å². The monoisotopic (exact) mass is 157 g/mol. The Labute approximate surface area is 67.1 Å². The highest BCUT2D eigenvalue weighted by atomic mass is 16.5. The first kappa shape index (κ1) is 8.37. The van der Waals surface area contributed by atoms with E-state index in [0.29, 0.717) is 12.0 Å². The van der Waals surface area contributed by atoms with Crippen LogP contribution < -0.4 is 5.32 Å². The van der Waals surface area contributed by atoms with E-state index in [2.05, 4.69) is 17.0 Å². The number of ether oxygens (including phenoxy) is 1. The number of nitrogens with one attached hydrogen (secondary N) is 1. The van der Waals surface area contributed by atoms with Crippen LogP contribution in [0.15, 0.2) is 0 Å². The molecule has 0 bridgehead atoms. The summed E-state index contributed by atoms with van der Waals surface area (Å²) >= 11 is 0. The van der Waals surface area contributed by atoms with Gasteiger partial charge in [-0.2, -0.15) is 0 Å². The molecule has 1 aliphatic carbocycles. The van der Waals surface area contributed by atoms with Gasteiger partial charge in [0.1, 0.15) is 0 Å². The van der Waals surface area contributed by atoms with Crippen molar-refractivity contribution in [1.29, 1.82) is 0 Å². The molecular formula is C8H15NO2. The number of hydrogen-bond acceptors (Lipinski definition) is 2. The predicted octanol–water partition coefficient (Wildman–Crippen LogP) is 1.53. The summed E-state index contributed by atoms with van der Waals surface area (Å²) in [5.74, 6) is 0.707. The van der Waals surface area contributed by atoms with Gasteiger partial charge in [0.05, 0.1) is 7.11 Å². The minimum Gasteiger partial charge on any atom is -0.453 e. The van der Waals surface area contributed by atoms with Crippen LogP contribution in [0.5, 0.6) is 0 Å². The first-order valence-electron chi connectivity index (χ1n) is 4.12. The number of carbonyl (C=O) groups is 1. The smallest absolute Gasteiger partial charge is 0.407 e. The number of methoxy groups -OCH3 is 1. The lowest BCUT2D eigenvalue weighted by Gasteiger charge is -2.14. The molecule has 0 aromatic heterocycles. The average molecular weight is 157 g/mol. The van der Waals surface area contributed by atoms with Crippen LogP contribution in [0, 0.1) is 5.92 Å². The molecule has 3 nitrogen and oxygen atoms in total. The maximum Gasteiger partial charge on any atom is 0.407 e. The van der Waals surface area contributed by atoms with Crippen LogP contribution in [0.4, 0.5) is 4.79 Å². The van der Waals surface area contributed by atoms with Crippen LogP contribution in [-0.2, 0) is 4.74 Å². The zero-order chi connectivity index (χ0) is 8.27. The van der Waals surface area contributed by atoms with Crippen LogP contribution in [-0.4, -0.2) is 19.2 Å². The maximum atomic E-state index is 10.8. The van der Waals surface area contributed by atoms with Gasteiger partial charge in [-0.3, -0.25) is 0 Å². The summed E-state index contributed by atoms with van der Waals surface area (Å²) in [4.78, 5) is 10.8. The van der Waals surface area contributed by atoms with Crippen molar-refractivity contribution in [2.24, 2.45) is 5.92 Å². The second-order valence-corrected chi connectivity index (χ2v) is 2.99. The molecule has 11 heavy (non-hydrogen) atoms. The van der Waals surface area contributed by atoms with E-state index < -0.39 is 0 Å². The molecule has 0 aromatic rings. The van der Waals surface area contributed by atoms with Crippen LogP contribution >= 0.6 is 0 Å². The van der Waals surface area contributed by atoms with Crippen molar-refractivity contribution >= 4 is 6.09 Å². The fraction of sp³-hybridized carbons (Fsp3) is 0.875. The lowest BCUT2D eigenvalue weighted by molar-refractivity contribution is 0.164. The number of carbonyl (C=O) groups excluding carboxylic acids is 1. The number of hydrogen-bond donors (Lipinski definition) is 1. The normalized spacial score (nSPS) is 19.1. The third-order valence-electron chi connectivity index (χ3n) is 2.12. The molecule has 0 radical (unpaired) electrons. The topological polar surface area (TPSA) is 38.3 Å². The second kappa shape index (κ2) is 3.60. The molecule has 3 heteroatoms. The first-order chi connectivity index (χ1) is 5.27. The Bertz CT molecular complexity index is 143. The summed E-state index contributed by atoms with van der Waals surface area (Å²) in [6, 6.07) is 0.336. The van der Waals surface area contributed by atoms with Crippen molar-refractivity contribution in [3.8, 4) is 0 Å². The first-order valence-corrected chi connectivity index (χ1v) is 4.12. The molecule has 1 rings (SSSR count). The number of alkyl carbamates (subject to hydrolysis) is 1. The maximum absolute atomic E-state index is 10.8. The Balaban J connectivity index is 2.25. The highest BCUT2D eigenvalue weighted by Crippen LogP contribution is 2.33. The number of amides is 1. The standard InChI is InChI=1S/C8H15NO2/c1-3-7(6-4-5-6)9-8(10)11-2/h6-7H,3-5H2,1-2H3,(H,9,10). The van der Waals surface area contributed by atoms with Crippen molar-refractivity contribution in [3.05, 3.63) is 0 Å². The lowest BCUT2D eigenvalue weighted by atomic mass is 10.1. The molecule has 0 aliphatic heterocycles. The molecule has 1 unspecified atom stereocenters. The van der Waals surface area contributed by atoms with Gasteiger partial charge in [0.15, 0.2) is 0 Å². The Morgan fingerprint density at radius 2 is 2.36 bits per heavy atom. The summed E-state index contributed by atoms with van der Waals surface area (Å²) in [6.45, 7) is 2.08. The van der Waals surface area contributed by atoms with Crippen LogP contribution in [0.1, 0.15) is 26.2 Å². The lowest BCUT2D eigenvalue weighted by Crippen LogP contribution is -2.35. The molecule has 0 heterocycles. The van der Waals surface area contributed by atoms with E-state index in [-0.39, 0.29) is 6.09 Å². The summed E-state index contributed by atoms with van der Waals surface area (Å²) in [5, 5.41) is 2.82. The van der Waals surface area contributed by atoms with E-state index >= 15 is 0 Å². The summed E-state index contributed by atoms with van der Waals surface area (Å²) in [6.07, 6.45) is 3.20. The molecular weight excluding hydrogens is 142 g/mol. The number of rotatable bonds is 3. The Hall–Kier alpha value is -0.730. The van der Waals surface area contributed by atoms with Crippen LogP contribution in [0.3, 0.4) is 0 Å². The van der Waals surface area contributed by atoms with Gasteiger partial charge in [-0.25, -0.2) is 4.79 Å². The minimum atomic E-state index is -0.302. The van der Waals surface area contributed by atoms with Gasteiger partial charge >= 0.3 is 6.09 Å². The van der Waals surface area contributed by atoms with Crippen molar-refractivity contribution in [2.45, 2.75) is 32.2 Å². The van der Waals surface area contributed by atoms with E-state index in [1.54, 1.807) is 0 Å². The molecule has 1 aliphatic rings. The van der Waals surface area contributed by atoms with E-state index in [4.69, 9.17) is 0 Å². The largest absolute Gasteiger partial charge is 0.453 e. The molecule has 1 amide bonds. The van der Waals surface area contributed by atoms with Gasteiger partial charge in [-0.15, -0.1) is 0 Å². The van der Waals surface area contributed by atoms with E-state index in [0.717, 1.165) is 6.42 Å². The molecule has 1 saturated carbocycles. The fourth-order valence-corrected chi connectivity index (χ4v) is 1.26. The zero-order valence-corrected chi connectivity index (χ0v) is 7.09. The summed E-state index contributed by atoms with van der Waals surface area (Å²) < 4.78 is 4.51. The van der Waals surface area contributed by atoms with Gasteiger partial charge in [-0.1, -0.05) is 6.92 Å². The van der Waals surface area contributed by atoms with Gasteiger partial charge in [0.2, 0.25) is 0 Å². The van der Waals surface area contributed by atoms with E-state index in [1.165, 1.54) is 20.0 Å². The minimum absolute atomic E-state index is 0.302. The van der Waals surface area contributed by atoms with Crippen molar-refractivity contribution in [1.82, 2.24) is 5.32 Å². The molecule has 1 N–H and O–H groups in total. The van der Waals surface area contributed by atoms with Crippen molar-refractivity contribution in [3.63, 3.8) is 0 Å². The predicted molar refractivity (Wildman–Crippen MR) is 42.3 cm³/mol. The Kier molecular flexibility index (Phi) is 2.74. The Morgan fingerprint density at radius 1 is 1.73 bits per heavy atom. The summed E-state index contributed by atoms with van der Waals surface area (Å²) in [5.41, 5.74) is 0. The zero-order valence-electron chi connectivity index (χ0n) is 7.09. The van der Waals surface area contributed by atoms with Gasteiger partial charge in [0, 0.05) is 6.04 Å². The third kappa shape index (κ3) is 2.41. The van der Waals surface area contributed by atoms with Crippen LogP contribution in [0.2, 0.25) is 0 Å². The van der Waals surface area contributed by atoms with E-state index in [1.807, 2.05) is 0 Å². The molecule has 1 atom stereocenters. The van der Waals surface area contributed by atoms with Crippen molar-refractivity contribution in [2.75, 3.05) is 7.11 Å². The average Bonchev–Trinajstić information content (AvgIpc) is 2.82. The SMILES string of the molecule is CCC(NC(=O)OC)C1CC1. The highest BCUT2D eigenvalue weighted by Gasteiger charge is 2.30. The Morgan fingerprint density at radius 3 is 2.73 bits per heavy atom. The van der Waals surface area contributed by atoms with Gasteiger partial charge in [0.25, 0.3) is 0 Å². The summed E-state index contributed by atoms with van der Waals surface area (Å²) in [7, 11) is 1.40. The molecule has 64 valence electrons. The fourth-order valence-electron chi connectivity index (χ4n) is 1.26. The van der Waals surface area contributed by atoms with Crippen LogP contribution in [0.25, 0.3) is 0 Å². The molecule has 0 spiro atoms.